The Balaban J connectivity index is 0.00000256. The fourth-order valence-corrected chi connectivity index (χ4v) is 1.90. The maximum absolute atomic E-state index is 11.9. The smallest absolute Gasteiger partial charge is 0.242 e. The molecule has 17 heavy (non-hydrogen) atoms. The highest BCUT2D eigenvalue weighted by Gasteiger charge is 2.26. The molecular weight excluding hydrogens is 244 g/mol. The summed E-state index contributed by atoms with van der Waals surface area (Å²) in [6.07, 6.45) is 2.22. The second kappa shape index (κ2) is 8.69. The van der Waals surface area contributed by atoms with Crippen molar-refractivity contribution >= 4 is 18.3 Å². The van der Waals surface area contributed by atoms with Crippen molar-refractivity contribution in [3.05, 3.63) is 0 Å². The van der Waals surface area contributed by atoms with Crippen LogP contribution >= 0.6 is 12.4 Å². The normalized spacial score (nSPS) is 21.8. The van der Waals surface area contributed by atoms with Crippen LogP contribution in [0.4, 0.5) is 0 Å². The molecule has 1 aliphatic rings. The van der Waals surface area contributed by atoms with E-state index in [1.54, 1.807) is 12.0 Å². The van der Waals surface area contributed by atoms with Crippen LogP contribution < -0.4 is 5.73 Å². The Hall–Kier alpha value is -0.360. The van der Waals surface area contributed by atoms with Gasteiger partial charge in [-0.1, -0.05) is 13.3 Å². The number of hydrogen-bond acceptors (Lipinski definition) is 4. The van der Waals surface area contributed by atoms with Crippen molar-refractivity contribution in [1.82, 2.24) is 4.90 Å². The second-order valence-corrected chi connectivity index (χ2v) is 4.13. The lowest BCUT2D eigenvalue weighted by atomic mass is 10.1. The third-order valence-corrected chi connectivity index (χ3v) is 2.72. The van der Waals surface area contributed by atoms with Crippen LogP contribution in [0.5, 0.6) is 0 Å². The maximum Gasteiger partial charge on any atom is 0.242 e. The molecule has 2 N–H and O–H groups in total. The summed E-state index contributed by atoms with van der Waals surface area (Å²) >= 11 is 0. The van der Waals surface area contributed by atoms with Crippen molar-refractivity contribution in [2.75, 3.05) is 33.4 Å². The number of nitrogens with zero attached hydrogens (tertiary/aromatic N) is 1. The molecule has 1 rings (SSSR count). The van der Waals surface area contributed by atoms with Crippen LogP contribution in [0.1, 0.15) is 19.8 Å². The molecule has 1 fully saturated rings. The standard InChI is InChI=1S/C11H22N2O3.ClH/c1-3-4-9-7-13(5-6-16-9)11(14)10(12)8-15-2;/h9-10H,3-8,12H2,1-2H3;1H. The predicted molar refractivity (Wildman–Crippen MR) is 68.3 cm³/mol. The number of rotatable bonds is 5. The molecular formula is C11H23ClN2O3. The lowest BCUT2D eigenvalue weighted by Crippen LogP contribution is -2.52. The van der Waals surface area contributed by atoms with Gasteiger partial charge in [0, 0.05) is 20.2 Å². The number of hydrogen-bond donors (Lipinski definition) is 1. The molecule has 0 saturated carbocycles. The Bertz CT molecular complexity index is 227. The number of nitrogens with two attached hydrogens (primary N) is 1. The monoisotopic (exact) mass is 266 g/mol. The van der Waals surface area contributed by atoms with Gasteiger partial charge in [-0.05, 0) is 6.42 Å². The van der Waals surface area contributed by atoms with E-state index in [4.69, 9.17) is 15.2 Å². The van der Waals surface area contributed by atoms with E-state index in [0.717, 1.165) is 12.8 Å². The summed E-state index contributed by atoms with van der Waals surface area (Å²) < 4.78 is 10.5. The summed E-state index contributed by atoms with van der Waals surface area (Å²) in [7, 11) is 1.55. The Labute approximate surface area is 109 Å². The van der Waals surface area contributed by atoms with Gasteiger partial charge in [-0.25, -0.2) is 0 Å². The van der Waals surface area contributed by atoms with Gasteiger partial charge in [0.1, 0.15) is 6.04 Å². The number of amides is 1. The van der Waals surface area contributed by atoms with Gasteiger partial charge in [0.25, 0.3) is 0 Å². The zero-order chi connectivity index (χ0) is 12.0. The highest BCUT2D eigenvalue weighted by Crippen LogP contribution is 2.11. The first kappa shape index (κ1) is 16.6. The van der Waals surface area contributed by atoms with Crippen LogP contribution in [0.3, 0.4) is 0 Å². The van der Waals surface area contributed by atoms with E-state index in [9.17, 15) is 4.79 Å². The summed E-state index contributed by atoms with van der Waals surface area (Å²) in [6.45, 7) is 4.28. The van der Waals surface area contributed by atoms with Crippen molar-refractivity contribution in [3.8, 4) is 0 Å². The fourth-order valence-electron chi connectivity index (χ4n) is 1.90. The van der Waals surface area contributed by atoms with Crippen molar-refractivity contribution in [3.63, 3.8) is 0 Å². The molecule has 1 aliphatic heterocycles. The number of halogens is 1. The van der Waals surface area contributed by atoms with Gasteiger partial charge in [-0.15, -0.1) is 12.4 Å². The van der Waals surface area contributed by atoms with Crippen LogP contribution in [0, 0.1) is 0 Å². The van der Waals surface area contributed by atoms with E-state index in [2.05, 4.69) is 6.92 Å². The Kier molecular flexibility index (Phi) is 8.51. The molecule has 6 heteroatoms. The second-order valence-electron chi connectivity index (χ2n) is 4.13. The zero-order valence-electron chi connectivity index (χ0n) is 10.6. The largest absolute Gasteiger partial charge is 0.383 e. The number of carbonyl (C=O) groups excluding carboxylic acids is 1. The van der Waals surface area contributed by atoms with E-state index in [0.29, 0.717) is 19.7 Å². The number of methoxy groups -OCH3 is 1. The summed E-state index contributed by atoms with van der Waals surface area (Å²) in [5.41, 5.74) is 5.72. The molecule has 1 heterocycles. The number of carbonyl (C=O) groups is 1. The van der Waals surface area contributed by atoms with Crippen LogP contribution in [0.25, 0.3) is 0 Å². The van der Waals surface area contributed by atoms with E-state index < -0.39 is 6.04 Å². The van der Waals surface area contributed by atoms with Crippen molar-refractivity contribution in [1.29, 1.82) is 0 Å². The minimum absolute atomic E-state index is 0. The Morgan fingerprint density at radius 2 is 2.35 bits per heavy atom. The molecule has 0 aromatic rings. The van der Waals surface area contributed by atoms with Gasteiger partial charge < -0.3 is 20.1 Å². The third-order valence-electron chi connectivity index (χ3n) is 2.72. The summed E-state index contributed by atoms with van der Waals surface area (Å²) in [4.78, 5) is 13.7. The molecule has 2 unspecified atom stereocenters. The molecule has 2 atom stereocenters. The lowest BCUT2D eigenvalue weighted by Gasteiger charge is -2.34. The summed E-state index contributed by atoms with van der Waals surface area (Å²) in [6, 6.07) is -0.551. The maximum atomic E-state index is 11.9. The Morgan fingerprint density at radius 1 is 1.65 bits per heavy atom. The van der Waals surface area contributed by atoms with Gasteiger partial charge >= 0.3 is 0 Å². The molecule has 102 valence electrons. The quantitative estimate of drug-likeness (QED) is 0.783. The summed E-state index contributed by atoms with van der Waals surface area (Å²) in [5, 5.41) is 0. The molecule has 0 aromatic heterocycles. The van der Waals surface area contributed by atoms with E-state index in [1.807, 2.05) is 0 Å². The molecule has 0 aliphatic carbocycles. The van der Waals surface area contributed by atoms with Crippen LogP contribution in [-0.4, -0.2) is 56.4 Å². The first-order valence-electron chi connectivity index (χ1n) is 5.84. The minimum Gasteiger partial charge on any atom is -0.383 e. The average molecular weight is 267 g/mol. The van der Waals surface area contributed by atoms with Crippen molar-refractivity contribution < 1.29 is 14.3 Å². The molecule has 1 saturated heterocycles. The SMILES string of the molecule is CCCC1CN(C(=O)C(N)COC)CCO1.Cl. The summed E-state index contributed by atoms with van der Waals surface area (Å²) in [5.74, 6) is -0.0359. The fraction of sp³-hybridized carbons (Fsp3) is 0.909. The molecule has 5 nitrogen and oxygen atoms in total. The molecule has 0 aromatic carbocycles. The van der Waals surface area contributed by atoms with Gasteiger partial charge in [0.05, 0.1) is 19.3 Å². The minimum atomic E-state index is -0.551. The van der Waals surface area contributed by atoms with E-state index >= 15 is 0 Å². The highest BCUT2D eigenvalue weighted by molar-refractivity contribution is 5.85. The first-order valence-corrected chi connectivity index (χ1v) is 5.84. The Morgan fingerprint density at radius 3 is 2.94 bits per heavy atom. The van der Waals surface area contributed by atoms with Gasteiger partial charge in [-0.2, -0.15) is 0 Å². The topological polar surface area (TPSA) is 64.8 Å². The molecule has 0 spiro atoms. The van der Waals surface area contributed by atoms with Gasteiger partial charge in [-0.3, -0.25) is 4.79 Å². The van der Waals surface area contributed by atoms with E-state index in [1.165, 1.54) is 0 Å². The van der Waals surface area contributed by atoms with Crippen molar-refractivity contribution in [2.45, 2.75) is 31.9 Å². The average Bonchev–Trinajstić information content (AvgIpc) is 2.29. The van der Waals surface area contributed by atoms with Gasteiger partial charge in [0.15, 0.2) is 0 Å². The van der Waals surface area contributed by atoms with Crippen LogP contribution in [0.15, 0.2) is 0 Å². The number of morpholine rings is 1. The van der Waals surface area contributed by atoms with Crippen LogP contribution in [0.2, 0.25) is 0 Å². The molecule has 1 amide bonds. The molecule has 0 bridgehead atoms. The number of ether oxygens (including phenoxy) is 2. The highest BCUT2D eigenvalue weighted by atomic mass is 35.5. The van der Waals surface area contributed by atoms with E-state index in [-0.39, 0.29) is 31.0 Å². The molecule has 0 radical (unpaired) electrons. The lowest BCUT2D eigenvalue weighted by molar-refractivity contribution is -0.141. The zero-order valence-corrected chi connectivity index (χ0v) is 11.4. The van der Waals surface area contributed by atoms with Crippen LogP contribution in [-0.2, 0) is 14.3 Å². The third kappa shape index (κ3) is 5.21. The van der Waals surface area contributed by atoms with Crippen molar-refractivity contribution in [2.24, 2.45) is 5.73 Å². The first-order chi connectivity index (χ1) is 7.69. The predicted octanol–water partition coefficient (Wildman–Crippen LogP) is 0.409. The van der Waals surface area contributed by atoms with Gasteiger partial charge in [0.2, 0.25) is 5.91 Å².